The van der Waals surface area contributed by atoms with Crippen molar-refractivity contribution in [1.29, 1.82) is 0 Å². The maximum absolute atomic E-state index is 10.5. The highest BCUT2D eigenvalue weighted by Crippen LogP contribution is 2.19. The van der Waals surface area contributed by atoms with Gasteiger partial charge in [0, 0.05) is 10.9 Å². The van der Waals surface area contributed by atoms with Crippen LogP contribution in [0.3, 0.4) is 0 Å². The summed E-state index contributed by atoms with van der Waals surface area (Å²) in [6.45, 7) is 1.94. The summed E-state index contributed by atoms with van der Waals surface area (Å²) >= 11 is 1.43. The lowest BCUT2D eigenvalue weighted by Gasteiger charge is -2.05. The molecule has 0 aromatic heterocycles. The molecule has 0 aliphatic rings. The number of carbonyl (C=O) groups excluding carboxylic acids is 1. The summed E-state index contributed by atoms with van der Waals surface area (Å²) in [6, 6.07) is 7.88. The summed E-state index contributed by atoms with van der Waals surface area (Å²) < 4.78 is 0. The number of rotatable bonds is 4. The van der Waals surface area contributed by atoms with E-state index in [-0.39, 0.29) is 11.9 Å². The summed E-state index contributed by atoms with van der Waals surface area (Å²) in [5, 5.41) is 0. The zero-order chi connectivity index (χ0) is 10.6. The van der Waals surface area contributed by atoms with Crippen LogP contribution in [-0.2, 0) is 4.79 Å². The molecule has 0 spiro atoms. The van der Waals surface area contributed by atoms with Gasteiger partial charge in [-0.1, -0.05) is 12.1 Å². The Hall–Kier alpha value is -1.00. The van der Waals surface area contributed by atoms with Crippen molar-refractivity contribution in [2.45, 2.75) is 17.9 Å². The minimum atomic E-state index is -0.300. The number of hydrogen-bond acceptors (Lipinski definition) is 3. The molecule has 0 fully saturated rings. The van der Waals surface area contributed by atoms with Gasteiger partial charge in [0.05, 0.1) is 5.75 Å². The molecule has 1 unspecified atom stereocenters. The maximum Gasteiger partial charge on any atom is 0.227 e. The molecule has 1 atom stereocenters. The van der Waals surface area contributed by atoms with Crippen LogP contribution in [0.5, 0.6) is 0 Å². The molecule has 4 heteroatoms. The van der Waals surface area contributed by atoms with Crippen molar-refractivity contribution >= 4 is 17.7 Å². The lowest BCUT2D eigenvalue weighted by molar-refractivity contribution is -0.115. The lowest BCUT2D eigenvalue weighted by atomic mass is 10.1. The summed E-state index contributed by atoms with van der Waals surface area (Å²) in [5.74, 6) is 0.0172. The van der Waals surface area contributed by atoms with E-state index >= 15 is 0 Å². The van der Waals surface area contributed by atoms with Crippen LogP contribution in [0.15, 0.2) is 29.2 Å². The zero-order valence-corrected chi connectivity index (χ0v) is 8.88. The SMILES string of the molecule is CC(N)c1ccc(SCC(N)=O)cc1. The van der Waals surface area contributed by atoms with Crippen LogP contribution in [0.1, 0.15) is 18.5 Å². The van der Waals surface area contributed by atoms with E-state index in [0.717, 1.165) is 10.5 Å². The largest absolute Gasteiger partial charge is 0.369 e. The maximum atomic E-state index is 10.5. The van der Waals surface area contributed by atoms with Crippen LogP contribution in [0.25, 0.3) is 0 Å². The topological polar surface area (TPSA) is 69.1 Å². The monoisotopic (exact) mass is 210 g/mol. The van der Waals surface area contributed by atoms with Gasteiger partial charge in [0.2, 0.25) is 5.91 Å². The standard InChI is InChI=1S/C10H14N2OS/c1-7(11)8-2-4-9(5-3-8)14-6-10(12)13/h2-5,7H,6,11H2,1H3,(H2,12,13). The number of thioether (sulfide) groups is 1. The molecule has 1 aromatic rings. The predicted octanol–water partition coefficient (Wildman–Crippen LogP) is 1.28. The normalized spacial score (nSPS) is 12.4. The molecule has 76 valence electrons. The predicted molar refractivity (Wildman–Crippen MR) is 59.0 cm³/mol. The van der Waals surface area contributed by atoms with Crippen molar-refractivity contribution in [3.8, 4) is 0 Å². The van der Waals surface area contributed by atoms with E-state index in [0.29, 0.717) is 5.75 Å². The molecule has 1 amide bonds. The highest BCUT2D eigenvalue weighted by Gasteiger charge is 2.00. The fraction of sp³-hybridized carbons (Fsp3) is 0.300. The van der Waals surface area contributed by atoms with Crippen molar-refractivity contribution in [1.82, 2.24) is 0 Å². The summed E-state index contributed by atoms with van der Waals surface area (Å²) in [7, 11) is 0. The Balaban J connectivity index is 2.59. The Morgan fingerprint density at radius 1 is 1.43 bits per heavy atom. The first-order chi connectivity index (χ1) is 6.59. The number of hydrogen-bond donors (Lipinski definition) is 2. The van der Waals surface area contributed by atoms with Gasteiger partial charge >= 0.3 is 0 Å². The summed E-state index contributed by atoms with van der Waals surface area (Å²) in [5.41, 5.74) is 11.8. The highest BCUT2D eigenvalue weighted by molar-refractivity contribution is 8.00. The fourth-order valence-corrected chi connectivity index (χ4v) is 1.66. The molecule has 1 rings (SSSR count). The van der Waals surface area contributed by atoms with Gasteiger partial charge in [-0.25, -0.2) is 0 Å². The highest BCUT2D eigenvalue weighted by atomic mass is 32.2. The van der Waals surface area contributed by atoms with Gasteiger partial charge in [-0.05, 0) is 24.6 Å². The molecule has 4 N–H and O–H groups in total. The van der Waals surface area contributed by atoms with Crippen molar-refractivity contribution in [2.75, 3.05) is 5.75 Å². The fourth-order valence-electron chi connectivity index (χ4n) is 1.02. The minimum absolute atomic E-state index is 0.0465. The van der Waals surface area contributed by atoms with Crippen LogP contribution in [0, 0.1) is 0 Å². The third-order valence-corrected chi connectivity index (χ3v) is 2.82. The molecule has 0 saturated carbocycles. The molecule has 0 bridgehead atoms. The molecule has 0 aliphatic heterocycles. The van der Waals surface area contributed by atoms with E-state index < -0.39 is 0 Å². The van der Waals surface area contributed by atoms with Crippen molar-refractivity contribution in [2.24, 2.45) is 11.5 Å². The van der Waals surface area contributed by atoms with Gasteiger partial charge in [-0.2, -0.15) is 0 Å². The Labute approximate surface area is 87.9 Å². The van der Waals surface area contributed by atoms with E-state index in [1.165, 1.54) is 11.8 Å². The van der Waals surface area contributed by atoms with E-state index in [9.17, 15) is 4.79 Å². The molecule has 0 heterocycles. The Bertz CT molecular complexity index is 308. The average Bonchev–Trinajstić information content (AvgIpc) is 2.15. The first-order valence-electron chi connectivity index (χ1n) is 4.36. The van der Waals surface area contributed by atoms with Crippen molar-refractivity contribution in [3.63, 3.8) is 0 Å². The second kappa shape index (κ2) is 5.02. The quantitative estimate of drug-likeness (QED) is 0.736. The zero-order valence-electron chi connectivity index (χ0n) is 8.07. The third-order valence-electron chi connectivity index (χ3n) is 1.79. The van der Waals surface area contributed by atoms with Gasteiger partial charge in [0.15, 0.2) is 0 Å². The third kappa shape index (κ3) is 3.40. The van der Waals surface area contributed by atoms with Crippen LogP contribution in [-0.4, -0.2) is 11.7 Å². The first kappa shape index (κ1) is 11.1. The summed E-state index contributed by atoms with van der Waals surface area (Å²) in [6.07, 6.45) is 0. The molecule has 1 aromatic carbocycles. The first-order valence-corrected chi connectivity index (χ1v) is 5.35. The smallest absolute Gasteiger partial charge is 0.227 e. The van der Waals surface area contributed by atoms with Gasteiger partial charge in [-0.15, -0.1) is 11.8 Å². The molecular weight excluding hydrogens is 196 g/mol. The number of nitrogens with two attached hydrogens (primary N) is 2. The van der Waals surface area contributed by atoms with Gasteiger partial charge < -0.3 is 11.5 Å². The van der Waals surface area contributed by atoms with Gasteiger partial charge in [-0.3, -0.25) is 4.79 Å². The van der Waals surface area contributed by atoms with Crippen molar-refractivity contribution < 1.29 is 4.79 Å². The Morgan fingerprint density at radius 2 is 2.00 bits per heavy atom. The van der Waals surface area contributed by atoms with E-state index in [4.69, 9.17) is 11.5 Å². The molecule has 0 aliphatic carbocycles. The number of amides is 1. The number of primary amides is 1. The summed E-state index contributed by atoms with van der Waals surface area (Å²) in [4.78, 5) is 11.6. The number of benzene rings is 1. The second-order valence-corrected chi connectivity index (χ2v) is 4.16. The minimum Gasteiger partial charge on any atom is -0.369 e. The molecule has 0 saturated heterocycles. The Kier molecular flexibility index (Phi) is 3.98. The molecule has 0 radical (unpaired) electrons. The van der Waals surface area contributed by atoms with Crippen LogP contribution >= 0.6 is 11.8 Å². The van der Waals surface area contributed by atoms with Crippen LogP contribution in [0.4, 0.5) is 0 Å². The average molecular weight is 210 g/mol. The molecule has 3 nitrogen and oxygen atoms in total. The second-order valence-electron chi connectivity index (χ2n) is 3.11. The van der Waals surface area contributed by atoms with Crippen LogP contribution in [0.2, 0.25) is 0 Å². The number of carbonyl (C=O) groups is 1. The van der Waals surface area contributed by atoms with Gasteiger partial charge in [0.25, 0.3) is 0 Å². The molecule has 14 heavy (non-hydrogen) atoms. The van der Waals surface area contributed by atoms with Crippen LogP contribution < -0.4 is 11.5 Å². The lowest BCUT2D eigenvalue weighted by Crippen LogP contribution is -2.12. The van der Waals surface area contributed by atoms with E-state index in [1.807, 2.05) is 31.2 Å². The van der Waals surface area contributed by atoms with Gasteiger partial charge in [0.1, 0.15) is 0 Å². The molecular formula is C10H14N2OS. The van der Waals surface area contributed by atoms with E-state index in [1.54, 1.807) is 0 Å². The Morgan fingerprint density at radius 3 is 2.43 bits per heavy atom. The van der Waals surface area contributed by atoms with Crippen molar-refractivity contribution in [3.05, 3.63) is 29.8 Å². The van der Waals surface area contributed by atoms with E-state index in [2.05, 4.69) is 0 Å².